The van der Waals surface area contributed by atoms with Gasteiger partial charge < -0.3 is 14.9 Å². The van der Waals surface area contributed by atoms with Crippen LogP contribution >= 0.6 is 0 Å². The third-order valence-corrected chi connectivity index (χ3v) is 3.60. The normalized spacial score (nSPS) is 16.6. The summed E-state index contributed by atoms with van der Waals surface area (Å²) in [5, 5.41) is 10.9. The molecule has 0 aliphatic carbocycles. The number of methoxy groups -OCH3 is 1. The average Bonchev–Trinajstić information content (AvgIpc) is 3.24. The van der Waals surface area contributed by atoms with Gasteiger partial charge in [-0.15, -0.1) is 0 Å². The Bertz CT molecular complexity index is 738. The Labute approximate surface area is 133 Å². The number of nitrogens with one attached hydrogen (secondary N) is 1. The van der Waals surface area contributed by atoms with Crippen LogP contribution in [0.4, 0.5) is 5.69 Å². The fourth-order valence-corrected chi connectivity index (χ4v) is 2.38. The summed E-state index contributed by atoms with van der Waals surface area (Å²) in [6.45, 7) is 2.73. The van der Waals surface area contributed by atoms with Crippen LogP contribution in [0.3, 0.4) is 0 Å². The highest BCUT2D eigenvalue weighted by Gasteiger charge is 2.30. The number of carbonyl (C=O) groups is 1. The number of nitrogens with zero attached hydrogens (tertiary/aromatic N) is 3. The summed E-state index contributed by atoms with van der Waals surface area (Å²) in [5.74, 6) is 0.467. The second kappa shape index (κ2) is 6.51. The molecular formula is C16H18N4O3. The zero-order valence-corrected chi connectivity index (χ0v) is 13.0. The summed E-state index contributed by atoms with van der Waals surface area (Å²) in [5.41, 5.74) is 2.18. The van der Waals surface area contributed by atoms with Gasteiger partial charge in [-0.05, 0) is 19.1 Å². The number of anilines is 1. The Kier molecular flexibility index (Phi) is 4.27. The number of benzene rings is 1. The van der Waals surface area contributed by atoms with Crippen molar-refractivity contribution in [1.29, 1.82) is 0 Å². The summed E-state index contributed by atoms with van der Waals surface area (Å²) in [6.07, 6.45) is 3.13. The van der Waals surface area contributed by atoms with Gasteiger partial charge >= 0.3 is 0 Å². The van der Waals surface area contributed by atoms with E-state index in [0.29, 0.717) is 23.6 Å². The quantitative estimate of drug-likeness (QED) is 0.916. The number of aromatic nitrogens is 2. The van der Waals surface area contributed by atoms with Crippen LogP contribution in [-0.2, 0) is 16.2 Å². The molecule has 23 heavy (non-hydrogen) atoms. The molecular weight excluding hydrogens is 296 g/mol. The second-order valence-electron chi connectivity index (χ2n) is 5.11. The van der Waals surface area contributed by atoms with Crippen LogP contribution in [0, 0.1) is 0 Å². The number of para-hydroxylation sites is 1. The van der Waals surface area contributed by atoms with Gasteiger partial charge in [0.15, 0.2) is 0 Å². The Morgan fingerprint density at radius 3 is 3.04 bits per heavy atom. The van der Waals surface area contributed by atoms with E-state index in [2.05, 4.69) is 15.6 Å². The van der Waals surface area contributed by atoms with Gasteiger partial charge in [0.25, 0.3) is 5.91 Å². The molecule has 120 valence electrons. The summed E-state index contributed by atoms with van der Waals surface area (Å²) in [4.78, 5) is 17.5. The standard InChI is InChI=1S/C16H18N4O3/c1-3-20-10-11(9-17-20)18-16(21)15-8-13(19-23-15)12-6-4-5-7-14(12)22-2/h4-7,9-10,15H,3,8H2,1-2H3,(H,18,21). The van der Waals surface area contributed by atoms with Crippen molar-refractivity contribution in [2.75, 3.05) is 12.4 Å². The van der Waals surface area contributed by atoms with E-state index in [1.165, 1.54) is 0 Å². The minimum Gasteiger partial charge on any atom is -0.496 e. The number of ether oxygens (including phenoxy) is 1. The first kappa shape index (κ1) is 15.1. The molecule has 1 amide bonds. The largest absolute Gasteiger partial charge is 0.496 e. The van der Waals surface area contributed by atoms with Crippen LogP contribution in [0.25, 0.3) is 0 Å². The SMILES string of the molecule is CCn1cc(NC(=O)C2CC(c3ccccc3OC)=NO2)cn1. The molecule has 2 aromatic rings. The first-order valence-electron chi connectivity index (χ1n) is 7.40. The molecule has 1 N–H and O–H groups in total. The lowest BCUT2D eigenvalue weighted by molar-refractivity contribution is -0.125. The van der Waals surface area contributed by atoms with Gasteiger partial charge in [-0.1, -0.05) is 17.3 Å². The molecule has 3 rings (SSSR count). The van der Waals surface area contributed by atoms with Crippen molar-refractivity contribution in [1.82, 2.24) is 9.78 Å². The third-order valence-electron chi connectivity index (χ3n) is 3.60. The minimum atomic E-state index is -0.653. The predicted molar refractivity (Wildman–Crippen MR) is 85.6 cm³/mol. The maximum absolute atomic E-state index is 12.3. The lowest BCUT2D eigenvalue weighted by atomic mass is 10.0. The van der Waals surface area contributed by atoms with Crippen molar-refractivity contribution in [2.45, 2.75) is 26.0 Å². The van der Waals surface area contributed by atoms with Crippen LogP contribution in [0.5, 0.6) is 5.75 Å². The van der Waals surface area contributed by atoms with Crippen molar-refractivity contribution < 1.29 is 14.4 Å². The number of amides is 1. The highest BCUT2D eigenvalue weighted by atomic mass is 16.6. The van der Waals surface area contributed by atoms with Gasteiger partial charge in [0.05, 0.1) is 24.7 Å². The van der Waals surface area contributed by atoms with Crippen LogP contribution in [0.2, 0.25) is 0 Å². The highest BCUT2D eigenvalue weighted by Crippen LogP contribution is 2.25. The number of oxime groups is 1. The lowest BCUT2D eigenvalue weighted by Gasteiger charge is -2.08. The average molecular weight is 314 g/mol. The number of carbonyl (C=O) groups excluding carboxylic acids is 1. The number of rotatable bonds is 5. The van der Waals surface area contributed by atoms with E-state index in [9.17, 15) is 4.79 Å². The zero-order valence-electron chi connectivity index (χ0n) is 13.0. The van der Waals surface area contributed by atoms with Crippen LogP contribution in [0.1, 0.15) is 18.9 Å². The van der Waals surface area contributed by atoms with E-state index < -0.39 is 6.10 Å². The molecule has 1 atom stereocenters. The van der Waals surface area contributed by atoms with E-state index in [1.54, 1.807) is 24.2 Å². The monoisotopic (exact) mass is 314 g/mol. The maximum Gasteiger partial charge on any atom is 0.268 e. The Morgan fingerprint density at radius 2 is 2.30 bits per heavy atom. The number of hydrogen-bond acceptors (Lipinski definition) is 5. The summed E-state index contributed by atoms with van der Waals surface area (Å²) < 4.78 is 7.05. The molecule has 1 unspecified atom stereocenters. The molecule has 0 saturated carbocycles. The smallest absolute Gasteiger partial charge is 0.268 e. The van der Waals surface area contributed by atoms with E-state index in [-0.39, 0.29) is 5.91 Å². The molecule has 1 aliphatic heterocycles. The Balaban J connectivity index is 1.65. The van der Waals surface area contributed by atoms with Crippen molar-refractivity contribution in [3.8, 4) is 5.75 Å². The molecule has 1 aliphatic rings. The third kappa shape index (κ3) is 3.18. The first-order chi connectivity index (χ1) is 11.2. The van der Waals surface area contributed by atoms with E-state index in [4.69, 9.17) is 9.57 Å². The van der Waals surface area contributed by atoms with Crippen molar-refractivity contribution in [2.24, 2.45) is 5.16 Å². The zero-order chi connectivity index (χ0) is 16.2. The van der Waals surface area contributed by atoms with Crippen LogP contribution in [-0.4, -0.2) is 34.6 Å². The lowest BCUT2D eigenvalue weighted by Crippen LogP contribution is -2.27. The predicted octanol–water partition coefficient (Wildman–Crippen LogP) is 2.04. The first-order valence-corrected chi connectivity index (χ1v) is 7.40. The maximum atomic E-state index is 12.3. The fraction of sp³-hybridized carbons (Fsp3) is 0.312. The molecule has 0 saturated heterocycles. The van der Waals surface area contributed by atoms with Gasteiger partial charge in [0.1, 0.15) is 5.75 Å². The van der Waals surface area contributed by atoms with Crippen molar-refractivity contribution in [3.63, 3.8) is 0 Å². The fourth-order valence-electron chi connectivity index (χ4n) is 2.38. The molecule has 0 radical (unpaired) electrons. The highest BCUT2D eigenvalue weighted by molar-refractivity contribution is 6.07. The molecule has 1 aromatic carbocycles. The van der Waals surface area contributed by atoms with Crippen LogP contribution in [0.15, 0.2) is 41.8 Å². The Hall–Kier alpha value is -2.83. The van der Waals surface area contributed by atoms with Crippen molar-refractivity contribution >= 4 is 17.3 Å². The second-order valence-corrected chi connectivity index (χ2v) is 5.11. The Morgan fingerprint density at radius 1 is 1.48 bits per heavy atom. The van der Waals surface area contributed by atoms with Crippen LogP contribution < -0.4 is 10.1 Å². The van der Waals surface area contributed by atoms with Gasteiger partial charge in [0.2, 0.25) is 6.10 Å². The van der Waals surface area contributed by atoms with Crippen molar-refractivity contribution in [3.05, 3.63) is 42.2 Å². The molecule has 7 heteroatoms. The van der Waals surface area contributed by atoms with E-state index in [0.717, 1.165) is 12.1 Å². The molecule has 7 nitrogen and oxygen atoms in total. The summed E-state index contributed by atoms with van der Waals surface area (Å²) >= 11 is 0. The summed E-state index contributed by atoms with van der Waals surface area (Å²) in [6, 6.07) is 7.53. The number of aryl methyl sites for hydroxylation is 1. The topological polar surface area (TPSA) is 77.7 Å². The van der Waals surface area contributed by atoms with Gasteiger partial charge in [-0.25, -0.2) is 0 Å². The summed E-state index contributed by atoms with van der Waals surface area (Å²) in [7, 11) is 1.60. The molecule has 0 bridgehead atoms. The molecule has 0 fully saturated rings. The molecule has 0 spiro atoms. The van der Waals surface area contributed by atoms with E-state index >= 15 is 0 Å². The molecule has 2 heterocycles. The molecule has 1 aromatic heterocycles. The minimum absolute atomic E-state index is 0.241. The van der Waals surface area contributed by atoms with Gasteiger partial charge in [-0.2, -0.15) is 5.10 Å². The van der Waals surface area contributed by atoms with E-state index in [1.807, 2.05) is 31.2 Å². The number of hydrogen-bond donors (Lipinski definition) is 1. The van der Waals surface area contributed by atoms with Gasteiger partial charge in [-0.3, -0.25) is 9.48 Å². The van der Waals surface area contributed by atoms with Gasteiger partial charge in [0, 0.05) is 24.7 Å².